The highest BCUT2D eigenvalue weighted by Gasteiger charge is 2.27. The molecule has 3 rings (SSSR count). The van der Waals surface area contributed by atoms with Crippen molar-refractivity contribution in [2.75, 3.05) is 0 Å². The largest absolute Gasteiger partial charge is 0.457 e. The highest BCUT2D eigenvalue weighted by molar-refractivity contribution is 5.77. The SMILES string of the molecule is CCCCCCCCCCCCCCCCCC(=O)NC1c2ccccc2Oc2ccccc21. The Kier molecular flexibility index (Phi) is 12.1. The van der Waals surface area contributed by atoms with E-state index in [1.807, 2.05) is 48.5 Å². The number of carbonyl (C=O) groups excluding carboxylic acids is 1. The fourth-order valence-electron chi connectivity index (χ4n) is 4.96. The van der Waals surface area contributed by atoms with Gasteiger partial charge >= 0.3 is 0 Å². The molecular formula is C31H45NO2. The molecule has 0 saturated heterocycles. The molecule has 3 nitrogen and oxygen atoms in total. The lowest BCUT2D eigenvalue weighted by Gasteiger charge is -2.28. The van der Waals surface area contributed by atoms with Crippen molar-refractivity contribution in [1.29, 1.82) is 0 Å². The van der Waals surface area contributed by atoms with Gasteiger partial charge in [-0.25, -0.2) is 0 Å². The molecule has 34 heavy (non-hydrogen) atoms. The van der Waals surface area contributed by atoms with Gasteiger partial charge in [-0.2, -0.15) is 0 Å². The first-order valence-electron chi connectivity index (χ1n) is 13.9. The van der Waals surface area contributed by atoms with E-state index in [9.17, 15) is 4.79 Å². The second-order valence-electron chi connectivity index (χ2n) is 9.88. The van der Waals surface area contributed by atoms with Gasteiger partial charge in [-0.15, -0.1) is 0 Å². The predicted octanol–water partition coefficient (Wildman–Crippen LogP) is 9.26. The van der Waals surface area contributed by atoms with Crippen molar-refractivity contribution in [1.82, 2.24) is 5.32 Å². The molecule has 1 aliphatic heterocycles. The molecule has 0 saturated carbocycles. The van der Waals surface area contributed by atoms with Crippen LogP contribution >= 0.6 is 0 Å². The molecule has 0 fully saturated rings. The Balaban J connectivity index is 1.23. The van der Waals surface area contributed by atoms with Gasteiger partial charge in [-0.05, 0) is 18.6 Å². The van der Waals surface area contributed by atoms with Gasteiger partial charge in [0, 0.05) is 17.5 Å². The topological polar surface area (TPSA) is 38.3 Å². The smallest absolute Gasteiger partial charge is 0.220 e. The summed E-state index contributed by atoms with van der Waals surface area (Å²) < 4.78 is 6.03. The molecule has 3 heteroatoms. The van der Waals surface area contributed by atoms with E-state index in [1.54, 1.807) is 0 Å². The molecule has 0 atom stereocenters. The summed E-state index contributed by atoms with van der Waals surface area (Å²) in [5.41, 5.74) is 2.07. The molecule has 1 amide bonds. The maximum atomic E-state index is 12.7. The molecule has 0 aromatic heterocycles. The molecule has 2 aromatic rings. The van der Waals surface area contributed by atoms with Gasteiger partial charge in [0.25, 0.3) is 0 Å². The van der Waals surface area contributed by atoms with Crippen molar-refractivity contribution in [2.45, 2.75) is 116 Å². The second-order valence-corrected chi connectivity index (χ2v) is 9.88. The fourth-order valence-corrected chi connectivity index (χ4v) is 4.96. The number of hydrogen-bond donors (Lipinski definition) is 1. The second kappa shape index (κ2) is 15.6. The monoisotopic (exact) mass is 463 g/mol. The number of hydrogen-bond acceptors (Lipinski definition) is 2. The Labute approximate surface area is 207 Å². The summed E-state index contributed by atoms with van der Waals surface area (Å²) in [7, 11) is 0. The number of fused-ring (bicyclic) bond motifs is 2. The number of ether oxygens (including phenoxy) is 1. The van der Waals surface area contributed by atoms with Crippen LogP contribution in [0, 0.1) is 0 Å². The zero-order valence-electron chi connectivity index (χ0n) is 21.3. The van der Waals surface area contributed by atoms with E-state index >= 15 is 0 Å². The van der Waals surface area contributed by atoms with Crippen molar-refractivity contribution in [3.05, 3.63) is 59.7 Å². The number of benzene rings is 2. The van der Waals surface area contributed by atoms with Crippen LogP contribution in [-0.2, 0) is 4.79 Å². The van der Waals surface area contributed by atoms with Crippen LogP contribution in [0.5, 0.6) is 11.5 Å². The van der Waals surface area contributed by atoms with Crippen LogP contribution < -0.4 is 10.1 Å². The molecule has 1 heterocycles. The third-order valence-electron chi connectivity index (χ3n) is 6.99. The zero-order chi connectivity index (χ0) is 23.8. The van der Waals surface area contributed by atoms with E-state index in [4.69, 9.17) is 4.74 Å². The minimum atomic E-state index is -0.134. The average molecular weight is 464 g/mol. The van der Waals surface area contributed by atoms with Crippen molar-refractivity contribution in [3.63, 3.8) is 0 Å². The van der Waals surface area contributed by atoms with E-state index in [-0.39, 0.29) is 11.9 Å². The quantitative estimate of drug-likeness (QED) is 0.237. The first-order valence-corrected chi connectivity index (χ1v) is 13.9. The summed E-state index contributed by atoms with van der Waals surface area (Å²) in [5, 5.41) is 3.26. The molecule has 0 bridgehead atoms. The molecule has 0 radical (unpaired) electrons. The van der Waals surface area contributed by atoms with Crippen LogP contribution in [0.4, 0.5) is 0 Å². The lowest BCUT2D eigenvalue weighted by atomic mass is 9.94. The Bertz CT molecular complexity index is 801. The number of amides is 1. The van der Waals surface area contributed by atoms with E-state index in [2.05, 4.69) is 12.2 Å². The predicted molar refractivity (Wildman–Crippen MR) is 142 cm³/mol. The number of unbranched alkanes of at least 4 members (excludes halogenated alkanes) is 14. The van der Waals surface area contributed by atoms with Crippen LogP contribution in [0.25, 0.3) is 0 Å². The van der Waals surface area contributed by atoms with Gasteiger partial charge in [0.15, 0.2) is 0 Å². The molecule has 0 aliphatic carbocycles. The van der Waals surface area contributed by atoms with E-state index < -0.39 is 0 Å². The summed E-state index contributed by atoms with van der Waals surface area (Å²) in [6.07, 6.45) is 20.7. The lowest BCUT2D eigenvalue weighted by Crippen LogP contribution is -2.31. The minimum absolute atomic E-state index is 0.131. The normalized spacial score (nSPS) is 12.6. The molecule has 186 valence electrons. The third kappa shape index (κ3) is 8.81. The van der Waals surface area contributed by atoms with Gasteiger partial charge in [-0.1, -0.05) is 133 Å². The van der Waals surface area contributed by atoms with Gasteiger partial charge in [0.1, 0.15) is 11.5 Å². The lowest BCUT2D eigenvalue weighted by molar-refractivity contribution is -0.121. The van der Waals surface area contributed by atoms with Crippen molar-refractivity contribution >= 4 is 5.91 Å². The third-order valence-corrected chi connectivity index (χ3v) is 6.99. The van der Waals surface area contributed by atoms with Gasteiger partial charge < -0.3 is 10.1 Å². The van der Waals surface area contributed by atoms with E-state index in [0.717, 1.165) is 35.5 Å². The fraction of sp³-hybridized carbons (Fsp3) is 0.581. The summed E-state index contributed by atoms with van der Waals surface area (Å²) in [5.74, 6) is 1.79. The minimum Gasteiger partial charge on any atom is -0.457 e. The molecular weight excluding hydrogens is 418 g/mol. The van der Waals surface area contributed by atoms with Crippen LogP contribution in [-0.4, -0.2) is 5.91 Å². The summed E-state index contributed by atoms with van der Waals surface area (Å²) >= 11 is 0. The van der Waals surface area contributed by atoms with E-state index in [1.165, 1.54) is 83.5 Å². The van der Waals surface area contributed by atoms with Crippen LogP contribution in [0.3, 0.4) is 0 Å². The average Bonchev–Trinajstić information content (AvgIpc) is 2.86. The first-order chi connectivity index (χ1) is 16.8. The van der Waals surface area contributed by atoms with Crippen molar-refractivity contribution < 1.29 is 9.53 Å². The Hall–Kier alpha value is -2.29. The Morgan fingerprint density at radius 2 is 1.06 bits per heavy atom. The summed E-state index contributed by atoms with van der Waals surface area (Å²) in [6, 6.07) is 15.9. The standard InChI is InChI=1S/C31H45NO2/c1-2-3-4-5-6-7-8-9-10-11-12-13-14-15-16-25-30(33)32-31-26-21-17-19-23-28(26)34-29-24-20-18-22-27(29)31/h17-24,31H,2-16,25H2,1H3,(H,32,33). The maximum Gasteiger partial charge on any atom is 0.220 e. The first kappa shape index (κ1) is 26.3. The van der Waals surface area contributed by atoms with Crippen molar-refractivity contribution in [3.8, 4) is 11.5 Å². The van der Waals surface area contributed by atoms with Gasteiger partial charge in [0.05, 0.1) is 6.04 Å². The maximum absolute atomic E-state index is 12.7. The van der Waals surface area contributed by atoms with Gasteiger partial charge in [-0.3, -0.25) is 4.79 Å². The van der Waals surface area contributed by atoms with Gasteiger partial charge in [0.2, 0.25) is 5.91 Å². The number of rotatable bonds is 17. The highest BCUT2D eigenvalue weighted by atomic mass is 16.5. The van der Waals surface area contributed by atoms with Crippen LogP contribution in [0.15, 0.2) is 48.5 Å². The van der Waals surface area contributed by atoms with Crippen LogP contribution in [0.1, 0.15) is 127 Å². The Morgan fingerprint density at radius 3 is 1.53 bits per heavy atom. The molecule has 0 spiro atoms. The Morgan fingerprint density at radius 1 is 0.647 bits per heavy atom. The highest BCUT2D eigenvalue weighted by Crippen LogP contribution is 2.42. The molecule has 1 aliphatic rings. The van der Waals surface area contributed by atoms with Crippen molar-refractivity contribution in [2.24, 2.45) is 0 Å². The zero-order valence-corrected chi connectivity index (χ0v) is 21.3. The number of para-hydroxylation sites is 2. The molecule has 0 unspecified atom stereocenters. The van der Waals surface area contributed by atoms with E-state index in [0.29, 0.717) is 6.42 Å². The molecule has 1 N–H and O–H groups in total. The molecule has 2 aromatic carbocycles. The number of nitrogens with one attached hydrogen (secondary N) is 1. The van der Waals surface area contributed by atoms with Crippen LogP contribution in [0.2, 0.25) is 0 Å². The summed E-state index contributed by atoms with van der Waals surface area (Å²) in [4.78, 5) is 12.7. The number of carbonyl (C=O) groups is 1. The summed E-state index contributed by atoms with van der Waals surface area (Å²) in [6.45, 7) is 2.28.